The van der Waals surface area contributed by atoms with Gasteiger partial charge in [0.1, 0.15) is 6.10 Å². The van der Waals surface area contributed by atoms with Crippen LogP contribution < -0.4 is 11.1 Å². The number of rotatable bonds is 4. The molecule has 0 bridgehead atoms. The standard InChI is InChI=1S/C10H20N2O2/c1-3-8(6-11)12-10(13)9-5-4-7(2)14-9/h7-9H,3-6,11H2,1-2H3,(H,12,13). The second-order valence-corrected chi connectivity index (χ2v) is 3.86. The third-order valence-electron chi connectivity index (χ3n) is 2.65. The molecule has 4 nitrogen and oxygen atoms in total. The van der Waals surface area contributed by atoms with E-state index in [9.17, 15) is 4.79 Å². The average Bonchev–Trinajstić information content (AvgIpc) is 2.61. The topological polar surface area (TPSA) is 64.3 Å². The first-order valence-electron chi connectivity index (χ1n) is 5.33. The third kappa shape index (κ3) is 2.96. The lowest BCUT2D eigenvalue weighted by Crippen LogP contribution is -2.44. The molecule has 14 heavy (non-hydrogen) atoms. The summed E-state index contributed by atoms with van der Waals surface area (Å²) in [7, 11) is 0. The summed E-state index contributed by atoms with van der Waals surface area (Å²) in [6.45, 7) is 4.49. The van der Waals surface area contributed by atoms with Crippen LogP contribution in [0.15, 0.2) is 0 Å². The quantitative estimate of drug-likeness (QED) is 0.690. The van der Waals surface area contributed by atoms with Crippen LogP contribution in [0.2, 0.25) is 0 Å². The van der Waals surface area contributed by atoms with Crippen molar-refractivity contribution in [2.24, 2.45) is 5.73 Å². The van der Waals surface area contributed by atoms with Crippen LogP contribution in [0.5, 0.6) is 0 Å². The van der Waals surface area contributed by atoms with Gasteiger partial charge in [0, 0.05) is 12.6 Å². The van der Waals surface area contributed by atoms with Crippen molar-refractivity contribution < 1.29 is 9.53 Å². The summed E-state index contributed by atoms with van der Waals surface area (Å²) in [6, 6.07) is 0.0852. The van der Waals surface area contributed by atoms with Crippen molar-refractivity contribution in [2.75, 3.05) is 6.54 Å². The van der Waals surface area contributed by atoms with Gasteiger partial charge in [-0.05, 0) is 26.2 Å². The van der Waals surface area contributed by atoms with Crippen LogP contribution in [-0.4, -0.2) is 30.7 Å². The zero-order valence-electron chi connectivity index (χ0n) is 8.95. The van der Waals surface area contributed by atoms with Crippen LogP contribution in [-0.2, 0) is 9.53 Å². The van der Waals surface area contributed by atoms with Crippen LogP contribution in [0.25, 0.3) is 0 Å². The van der Waals surface area contributed by atoms with Crippen molar-refractivity contribution in [3.05, 3.63) is 0 Å². The lowest BCUT2D eigenvalue weighted by Gasteiger charge is -2.17. The van der Waals surface area contributed by atoms with Crippen molar-refractivity contribution in [1.29, 1.82) is 0 Å². The Labute approximate surface area is 85.2 Å². The summed E-state index contributed by atoms with van der Waals surface area (Å²) in [5.74, 6) is -0.00773. The summed E-state index contributed by atoms with van der Waals surface area (Å²) < 4.78 is 5.46. The fourth-order valence-corrected chi connectivity index (χ4v) is 1.62. The second-order valence-electron chi connectivity index (χ2n) is 3.86. The molecule has 1 aliphatic rings. The van der Waals surface area contributed by atoms with Gasteiger partial charge < -0.3 is 15.8 Å². The maximum absolute atomic E-state index is 11.6. The van der Waals surface area contributed by atoms with Crippen molar-refractivity contribution in [3.8, 4) is 0 Å². The highest BCUT2D eigenvalue weighted by Gasteiger charge is 2.28. The van der Waals surface area contributed by atoms with Gasteiger partial charge in [0.15, 0.2) is 0 Å². The lowest BCUT2D eigenvalue weighted by molar-refractivity contribution is -0.132. The van der Waals surface area contributed by atoms with Gasteiger partial charge >= 0.3 is 0 Å². The van der Waals surface area contributed by atoms with Gasteiger partial charge in [-0.1, -0.05) is 6.92 Å². The van der Waals surface area contributed by atoms with Gasteiger partial charge in [-0.3, -0.25) is 4.79 Å². The highest BCUT2D eigenvalue weighted by atomic mass is 16.5. The molecule has 1 fully saturated rings. The number of hydrogen-bond acceptors (Lipinski definition) is 3. The van der Waals surface area contributed by atoms with Gasteiger partial charge in [0.05, 0.1) is 6.10 Å². The van der Waals surface area contributed by atoms with Crippen molar-refractivity contribution in [3.63, 3.8) is 0 Å². The summed E-state index contributed by atoms with van der Waals surface area (Å²) in [4.78, 5) is 11.6. The number of nitrogens with two attached hydrogens (primary N) is 1. The van der Waals surface area contributed by atoms with Crippen molar-refractivity contribution >= 4 is 5.91 Å². The van der Waals surface area contributed by atoms with Crippen LogP contribution >= 0.6 is 0 Å². The van der Waals surface area contributed by atoms with E-state index in [4.69, 9.17) is 10.5 Å². The van der Waals surface area contributed by atoms with E-state index in [0.717, 1.165) is 19.3 Å². The fourth-order valence-electron chi connectivity index (χ4n) is 1.62. The molecule has 0 aromatic carbocycles. The van der Waals surface area contributed by atoms with E-state index in [2.05, 4.69) is 5.32 Å². The number of ether oxygens (including phenoxy) is 1. The van der Waals surface area contributed by atoms with Crippen LogP contribution in [0, 0.1) is 0 Å². The third-order valence-corrected chi connectivity index (χ3v) is 2.65. The molecular weight excluding hydrogens is 180 g/mol. The Morgan fingerprint density at radius 1 is 1.64 bits per heavy atom. The minimum absolute atomic E-state index is 0.00773. The first-order chi connectivity index (χ1) is 6.67. The van der Waals surface area contributed by atoms with E-state index in [1.165, 1.54) is 0 Å². The van der Waals surface area contributed by atoms with Gasteiger partial charge in [0.2, 0.25) is 5.91 Å². The lowest BCUT2D eigenvalue weighted by atomic mass is 10.1. The smallest absolute Gasteiger partial charge is 0.249 e. The molecule has 1 heterocycles. The molecule has 3 N–H and O–H groups in total. The highest BCUT2D eigenvalue weighted by molar-refractivity contribution is 5.81. The molecule has 0 aromatic heterocycles. The summed E-state index contributed by atoms with van der Waals surface area (Å²) in [6.07, 6.45) is 2.62. The molecule has 0 aromatic rings. The first kappa shape index (κ1) is 11.5. The molecule has 1 saturated heterocycles. The predicted molar refractivity (Wildman–Crippen MR) is 54.8 cm³/mol. The molecule has 0 spiro atoms. The Balaban J connectivity index is 2.34. The number of hydrogen-bond donors (Lipinski definition) is 2. The molecule has 1 rings (SSSR count). The number of carbonyl (C=O) groups excluding carboxylic acids is 1. The SMILES string of the molecule is CCC(CN)NC(=O)C1CCC(C)O1. The van der Waals surface area contributed by atoms with Gasteiger partial charge in [-0.25, -0.2) is 0 Å². The molecule has 1 amide bonds. The van der Waals surface area contributed by atoms with Crippen LogP contribution in [0.1, 0.15) is 33.1 Å². The maximum atomic E-state index is 11.6. The van der Waals surface area contributed by atoms with E-state index in [-0.39, 0.29) is 24.2 Å². The van der Waals surface area contributed by atoms with E-state index in [0.29, 0.717) is 6.54 Å². The zero-order valence-corrected chi connectivity index (χ0v) is 8.95. The fraction of sp³-hybridized carbons (Fsp3) is 0.900. The average molecular weight is 200 g/mol. The molecule has 3 unspecified atom stereocenters. The molecule has 3 atom stereocenters. The van der Waals surface area contributed by atoms with E-state index >= 15 is 0 Å². The first-order valence-corrected chi connectivity index (χ1v) is 5.33. The number of nitrogens with one attached hydrogen (secondary N) is 1. The largest absolute Gasteiger partial charge is 0.365 e. The highest BCUT2D eigenvalue weighted by Crippen LogP contribution is 2.19. The van der Waals surface area contributed by atoms with Crippen molar-refractivity contribution in [2.45, 2.75) is 51.4 Å². The molecule has 0 radical (unpaired) electrons. The summed E-state index contributed by atoms with van der Waals surface area (Å²) >= 11 is 0. The summed E-state index contributed by atoms with van der Waals surface area (Å²) in [5, 5.41) is 2.89. The zero-order chi connectivity index (χ0) is 10.6. The minimum Gasteiger partial charge on any atom is -0.365 e. The Hall–Kier alpha value is -0.610. The molecule has 4 heteroatoms. The number of carbonyl (C=O) groups is 1. The Bertz CT molecular complexity index is 193. The van der Waals surface area contributed by atoms with Gasteiger partial charge in [-0.2, -0.15) is 0 Å². The monoisotopic (exact) mass is 200 g/mol. The van der Waals surface area contributed by atoms with Crippen molar-refractivity contribution in [1.82, 2.24) is 5.32 Å². The second kappa shape index (κ2) is 5.32. The summed E-state index contributed by atoms with van der Waals surface area (Å²) in [5.41, 5.74) is 5.50. The van der Waals surface area contributed by atoms with Crippen LogP contribution in [0.4, 0.5) is 0 Å². The predicted octanol–water partition coefficient (Wildman–Crippen LogP) is 0.407. The molecular formula is C10H20N2O2. The van der Waals surface area contributed by atoms with E-state index in [1.807, 2.05) is 13.8 Å². The van der Waals surface area contributed by atoms with Gasteiger partial charge in [-0.15, -0.1) is 0 Å². The Morgan fingerprint density at radius 2 is 2.36 bits per heavy atom. The molecule has 0 aliphatic carbocycles. The van der Waals surface area contributed by atoms with Gasteiger partial charge in [0.25, 0.3) is 0 Å². The normalized spacial score (nSPS) is 28.8. The maximum Gasteiger partial charge on any atom is 0.249 e. The van der Waals surface area contributed by atoms with E-state index < -0.39 is 0 Å². The number of amides is 1. The van der Waals surface area contributed by atoms with Crippen LogP contribution in [0.3, 0.4) is 0 Å². The van der Waals surface area contributed by atoms with E-state index in [1.54, 1.807) is 0 Å². The minimum atomic E-state index is -0.259. The Kier molecular flexibility index (Phi) is 4.35. The molecule has 0 saturated carbocycles. The molecule has 1 aliphatic heterocycles. The molecule has 82 valence electrons. The Morgan fingerprint density at radius 3 is 2.79 bits per heavy atom.